The highest BCUT2D eigenvalue weighted by atomic mass is 16.3. The minimum atomic E-state index is -0.368. The number of fused-ring (bicyclic) bond motifs is 4. The van der Waals surface area contributed by atoms with Gasteiger partial charge >= 0.3 is 0 Å². The van der Waals surface area contributed by atoms with Gasteiger partial charge in [0.15, 0.2) is 0 Å². The SMILES string of the molecule is CCC1C[C@H]2C[C@H]3c4oc5ccc(C(N)=O)cc5c4CCN(C2)C13. The molecule has 24 heavy (non-hydrogen) atoms. The number of carbonyl (C=O) groups excluding carboxylic acids is 1. The predicted molar refractivity (Wildman–Crippen MR) is 93.0 cm³/mol. The van der Waals surface area contributed by atoms with Crippen LogP contribution in [0.25, 0.3) is 11.0 Å². The van der Waals surface area contributed by atoms with E-state index in [0.29, 0.717) is 17.5 Å². The monoisotopic (exact) mass is 324 g/mol. The van der Waals surface area contributed by atoms with E-state index >= 15 is 0 Å². The van der Waals surface area contributed by atoms with E-state index in [9.17, 15) is 4.79 Å². The molecule has 4 heteroatoms. The predicted octanol–water partition coefficient (Wildman–Crippen LogP) is 3.29. The summed E-state index contributed by atoms with van der Waals surface area (Å²) in [6, 6.07) is 6.26. The first-order chi connectivity index (χ1) is 11.7. The Bertz CT molecular complexity index is 824. The zero-order valence-electron chi connectivity index (χ0n) is 14.1. The van der Waals surface area contributed by atoms with Crippen molar-refractivity contribution in [3.8, 4) is 0 Å². The molecule has 4 heterocycles. The van der Waals surface area contributed by atoms with Crippen LogP contribution in [0.2, 0.25) is 0 Å². The van der Waals surface area contributed by atoms with Gasteiger partial charge < -0.3 is 10.2 Å². The van der Waals surface area contributed by atoms with Gasteiger partial charge in [0.2, 0.25) is 5.91 Å². The average Bonchev–Trinajstić information content (AvgIpc) is 2.92. The van der Waals surface area contributed by atoms with Crippen molar-refractivity contribution in [2.24, 2.45) is 17.6 Å². The van der Waals surface area contributed by atoms with Gasteiger partial charge in [-0.1, -0.05) is 13.3 Å². The van der Waals surface area contributed by atoms with Gasteiger partial charge in [-0.05, 0) is 49.3 Å². The van der Waals surface area contributed by atoms with Crippen LogP contribution in [0.1, 0.15) is 53.8 Å². The summed E-state index contributed by atoms with van der Waals surface area (Å²) >= 11 is 0. The number of hydrogen-bond donors (Lipinski definition) is 1. The lowest BCUT2D eigenvalue weighted by Crippen LogP contribution is -2.56. The van der Waals surface area contributed by atoms with Crippen LogP contribution in [-0.2, 0) is 6.42 Å². The Hall–Kier alpha value is -1.81. The van der Waals surface area contributed by atoms with Gasteiger partial charge in [-0.15, -0.1) is 0 Å². The number of rotatable bonds is 2. The van der Waals surface area contributed by atoms with Crippen LogP contribution >= 0.6 is 0 Å². The Labute approximate surface area is 142 Å². The minimum Gasteiger partial charge on any atom is -0.460 e. The molecule has 4 nitrogen and oxygen atoms in total. The Balaban J connectivity index is 1.67. The van der Waals surface area contributed by atoms with Gasteiger partial charge in [0.1, 0.15) is 11.3 Å². The van der Waals surface area contributed by atoms with Gasteiger partial charge in [0.25, 0.3) is 0 Å². The van der Waals surface area contributed by atoms with E-state index in [2.05, 4.69) is 11.8 Å². The highest BCUT2D eigenvalue weighted by Gasteiger charge is 2.49. The van der Waals surface area contributed by atoms with Gasteiger partial charge in [-0.3, -0.25) is 9.69 Å². The molecule has 2 saturated heterocycles. The number of nitrogens with zero attached hydrogens (tertiary/aromatic N) is 1. The van der Waals surface area contributed by atoms with E-state index in [4.69, 9.17) is 10.2 Å². The molecule has 1 aromatic heterocycles. The van der Waals surface area contributed by atoms with Gasteiger partial charge in [0.05, 0.1) is 0 Å². The van der Waals surface area contributed by atoms with Crippen LogP contribution in [0.3, 0.4) is 0 Å². The summed E-state index contributed by atoms with van der Waals surface area (Å²) in [5.74, 6) is 2.95. The van der Waals surface area contributed by atoms with Crippen molar-refractivity contribution in [2.45, 2.75) is 44.6 Å². The van der Waals surface area contributed by atoms with E-state index in [1.165, 1.54) is 37.1 Å². The number of nitrogens with two attached hydrogens (primary N) is 1. The summed E-state index contributed by atoms with van der Waals surface area (Å²) in [7, 11) is 0. The Morgan fingerprint density at radius 3 is 3.04 bits per heavy atom. The largest absolute Gasteiger partial charge is 0.460 e. The fraction of sp³-hybridized carbons (Fsp3) is 0.550. The van der Waals surface area contributed by atoms with E-state index in [1.54, 1.807) is 6.07 Å². The molecule has 5 atom stereocenters. The molecule has 4 bridgehead atoms. The first-order valence-electron chi connectivity index (χ1n) is 9.25. The van der Waals surface area contributed by atoms with Crippen molar-refractivity contribution in [1.82, 2.24) is 4.90 Å². The summed E-state index contributed by atoms with van der Waals surface area (Å²) in [6.07, 6.45) is 4.92. The number of benzene rings is 1. The van der Waals surface area contributed by atoms with E-state index in [-0.39, 0.29) is 5.91 Å². The maximum atomic E-state index is 11.6. The van der Waals surface area contributed by atoms with Crippen LogP contribution in [0.5, 0.6) is 0 Å². The second-order valence-corrected chi connectivity index (χ2v) is 7.87. The standard InChI is InChI=1S/C20H24N2O2/c1-2-12-7-11-8-16-18(12)22(10-11)6-5-14-15-9-13(20(21)23)3-4-17(15)24-19(14)16/h3-4,9,11-12,16,18H,2,5-8,10H2,1H3,(H2,21,23)/t11-,12?,16+,18?/m0/s1. The molecule has 2 N–H and O–H groups in total. The molecule has 1 saturated carbocycles. The smallest absolute Gasteiger partial charge is 0.248 e. The molecule has 3 unspecified atom stereocenters. The number of primary amides is 1. The molecule has 1 aliphatic carbocycles. The highest BCUT2D eigenvalue weighted by Crippen LogP contribution is 2.51. The Kier molecular flexibility index (Phi) is 3.08. The molecule has 126 valence electrons. The molecule has 1 amide bonds. The Morgan fingerprint density at radius 1 is 1.38 bits per heavy atom. The van der Waals surface area contributed by atoms with E-state index in [0.717, 1.165) is 35.8 Å². The van der Waals surface area contributed by atoms with Crippen molar-refractivity contribution in [2.75, 3.05) is 13.1 Å². The molecule has 0 radical (unpaired) electrons. The maximum absolute atomic E-state index is 11.6. The summed E-state index contributed by atoms with van der Waals surface area (Å²) < 4.78 is 6.36. The van der Waals surface area contributed by atoms with Crippen LogP contribution < -0.4 is 5.73 Å². The summed E-state index contributed by atoms with van der Waals surface area (Å²) in [5, 5.41) is 1.10. The maximum Gasteiger partial charge on any atom is 0.248 e. The zero-order chi connectivity index (χ0) is 16.4. The number of piperidine rings is 2. The first kappa shape index (κ1) is 14.5. The third-order valence-electron chi connectivity index (χ3n) is 6.65. The molecule has 2 aromatic rings. The van der Waals surface area contributed by atoms with Crippen molar-refractivity contribution < 1.29 is 9.21 Å². The number of carbonyl (C=O) groups is 1. The van der Waals surface area contributed by atoms with Crippen LogP contribution in [0.4, 0.5) is 0 Å². The van der Waals surface area contributed by atoms with E-state index in [1.807, 2.05) is 12.1 Å². The fourth-order valence-electron chi connectivity index (χ4n) is 5.69. The van der Waals surface area contributed by atoms with Crippen molar-refractivity contribution >= 4 is 16.9 Å². The first-order valence-corrected chi connectivity index (χ1v) is 9.25. The quantitative estimate of drug-likeness (QED) is 0.922. The molecule has 3 aliphatic heterocycles. The second-order valence-electron chi connectivity index (χ2n) is 7.87. The lowest BCUT2D eigenvalue weighted by molar-refractivity contribution is -0.0169. The third kappa shape index (κ3) is 1.92. The average molecular weight is 324 g/mol. The number of furan rings is 1. The highest BCUT2D eigenvalue weighted by molar-refractivity contribution is 5.97. The number of amides is 1. The van der Waals surface area contributed by atoms with Crippen LogP contribution in [0, 0.1) is 11.8 Å². The zero-order valence-corrected chi connectivity index (χ0v) is 14.1. The molecule has 6 rings (SSSR count). The second kappa shape index (κ2) is 5.09. The summed E-state index contributed by atoms with van der Waals surface area (Å²) in [6.45, 7) is 4.69. The molecule has 4 aliphatic rings. The van der Waals surface area contributed by atoms with Crippen molar-refractivity contribution in [3.05, 3.63) is 35.1 Å². The molecule has 1 aromatic carbocycles. The van der Waals surface area contributed by atoms with Gasteiger partial charge in [0, 0.05) is 41.6 Å². The normalized spacial score (nSPS) is 34.1. The third-order valence-corrected chi connectivity index (χ3v) is 6.65. The molecule has 0 spiro atoms. The van der Waals surface area contributed by atoms with Crippen LogP contribution in [-0.4, -0.2) is 29.9 Å². The van der Waals surface area contributed by atoms with Crippen molar-refractivity contribution in [3.63, 3.8) is 0 Å². The van der Waals surface area contributed by atoms with Gasteiger partial charge in [-0.2, -0.15) is 0 Å². The summed E-state index contributed by atoms with van der Waals surface area (Å²) in [4.78, 5) is 14.3. The van der Waals surface area contributed by atoms with Crippen LogP contribution in [0.15, 0.2) is 22.6 Å². The fourth-order valence-corrected chi connectivity index (χ4v) is 5.69. The van der Waals surface area contributed by atoms with Crippen molar-refractivity contribution in [1.29, 1.82) is 0 Å². The topological polar surface area (TPSA) is 59.5 Å². The molecule has 3 fully saturated rings. The Morgan fingerprint density at radius 2 is 2.25 bits per heavy atom. The van der Waals surface area contributed by atoms with Gasteiger partial charge in [-0.25, -0.2) is 0 Å². The minimum absolute atomic E-state index is 0.368. The molecular weight excluding hydrogens is 300 g/mol. The molecular formula is C20H24N2O2. The summed E-state index contributed by atoms with van der Waals surface area (Å²) in [5.41, 5.74) is 8.28. The lowest BCUT2D eigenvalue weighted by atomic mass is 9.65. The van der Waals surface area contributed by atoms with E-state index < -0.39 is 0 Å². The number of hydrogen-bond acceptors (Lipinski definition) is 3. The lowest BCUT2D eigenvalue weighted by Gasteiger charge is -2.52.